The molecule has 1 fully saturated rings. The van der Waals surface area contributed by atoms with Crippen LogP contribution in [-0.2, 0) is 9.53 Å². The maximum atomic E-state index is 12.7. The lowest BCUT2D eigenvalue weighted by molar-refractivity contribution is -0.136. The van der Waals surface area contributed by atoms with Crippen LogP contribution in [0.25, 0.3) is 0 Å². The van der Waals surface area contributed by atoms with Crippen LogP contribution in [0.3, 0.4) is 0 Å². The lowest BCUT2D eigenvalue weighted by Crippen LogP contribution is -2.49. The van der Waals surface area contributed by atoms with Crippen molar-refractivity contribution >= 4 is 5.91 Å². The molecule has 1 saturated heterocycles. The Morgan fingerprint density at radius 3 is 2.48 bits per heavy atom. The van der Waals surface area contributed by atoms with Crippen LogP contribution in [0.15, 0.2) is 24.3 Å². The molecule has 4 heteroatoms. The maximum absolute atomic E-state index is 12.7. The van der Waals surface area contributed by atoms with Gasteiger partial charge in [-0.2, -0.15) is 0 Å². The maximum Gasteiger partial charge on any atom is 0.228 e. The van der Waals surface area contributed by atoms with Gasteiger partial charge >= 0.3 is 0 Å². The highest BCUT2D eigenvalue weighted by Gasteiger charge is 2.39. The first-order valence-electron chi connectivity index (χ1n) is 7.76. The number of carbonyl (C=O) groups excluding carboxylic acids is 1. The van der Waals surface area contributed by atoms with Crippen molar-refractivity contribution in [3.63, 3.8) is 0 Å². The van der Waals surface area contributed by atoms with E-state index in [-0.39, 0.29) is 11.9 Å². The Balaban J connectivity index is 2.10. The molecule has 0 saturated carbocycles. The number of nitrogens with one attached hydrogen (secondary N) is 1. The molecule has 0 radical (unpaired) electrons. The van der Waals surface area contributed by atoms with Crippen molar-refractivity contribution in [2.45, 2.75) is 39.2 Å². The van der Waals surface area contributed by atoms with Crippen molar-refractivity contribution < 1.29 is 9.53 Å². The molecule has 1 aromatic carbocycles. The molecule has 3 N–H and O–H groups in total. The monoisotopic (exact) mass is 290 g/mol. The molecule has 1 aromatic rings. The third kappa shape index (κ3) is 3.63. The SMILES string of the molecule is CCC(NC(=O)C1(CN)CCOCC1)c1ccc(C)cc1. The summed E-state index contributed by atoms with van der Waals surface area (Å²) in [6.07, 6.45) is 2.28. The van der Waals surface area contributed by atoms with Crippen LogP contribution in [0.5, 0.6) is 0 Å². The summed E-state index contributed by atoms with van der Waals surface area (Å²) in [4.78, 5) is 12.7. The van der Waals surface area contributed by atoms with Crippen LogP contribution >= 0.6 is 0 Å². The van der Waals surface area contributed by atoms with Crippen LogP contribution in [0.4, 0.5) is 0 Å². The molecule has 0 spiro atoms. The topological polar surface area (TPSA) is 64.4 Å². The van der Waals surface area contributed by atoms with Crippen molar-refractivity contribution in [1.29, 1.82) is 0 Å². The van der Waals surface area contributed by atoms with Gasteiger partial charge in [-0.05, 0) is 31.7 Å². The van der Waals surface area contributed by atoms with Crippen molar-refractivity contribution in [2.24, 2.45) is 11.1 Å². The second kappa shape index (κ2) is 7.05. The van der Waals surface area contributed by atoms with Gasteiger partial charge in [0.2, 0.25) is 5.91 Å². The zero-order valence-electron chi connectivity index (χ0n) is 13.0. The van der Waals surface area contributed by atoms with Gasteiger partial charge in [-0.15, -0.1) is 0 Å². The van der Waals surface area contributed by atoms with Crippen molar-refractivity contribution in [2.75, 3.05) is 19.8 Å². The Labute approximate surface area is 127 Å². The number of hydrogen-bond acceptors (Lipinski definition) is 3. The summed E-state index contributed by atoms with van der Waals surface area (Å²) in [6.45, 7) is 5.77. The minimum Gasteiger partial charge on any atom is -0.381 e. The molecule has 4 nitrogen and oxygen atoms in total. The second-order valence-corrected chi connectivity index (χ2v) is 5.94. The molecule has 1 amide bonds. The number of carbonyl (C=O) groups is 1. The van der Waals surface area contributed by atoms with E-state index < -0.39 is 5.41 Å². The van der Waals surface area contributed by atoms with E-state index in [2.05, 4.69) is 43.4 Å². The third-order valence-corrected chi connectivity index (χ3v) is 4.52. The van der Waals surface area contributed by atoms with Crippen LogP contribution < -0.4 is 11.1 Å². The standard InChI is InChI=1S/C17H26N2O2/c1-3-15(14-6-4-13(2)5-7-14)19-16(20)17(12-18)8-10-21-11-9-17/h4-7,15H,3,8-12,18H2,1-2H3,(H,19,20). The number of nitrogens with two attached hydrogens (primary N) is 1. The molecule has 0 aromatic heterocycles. The zero-order valence-corrected chi connectivity index (χ0v) is 13.0. The average Bonchev–Trinajstić information content (AvgIpc) is 2.54. The number of hydrogen-bond donors (Lipinski definition) is 2. The number of ether oxygens (including phenoxy) is 1. The summed E-state index contributed by atoms with van der Waals surface area (Å²) in [7, 11) is 0. The molecule has 21 heavy (non-hydrogen) atoms. The smallest absolute Gasteiger partial charge is 0.228 e. The summed E-state index contributed by atoms with van der Waals surface area (Å²) in [5.74, 6) is 0.0701. The molecule has 2 rings (SSSR count). The molecule has 1 heterocycles. The molecular formula is C17H26N2O2. The molecule has 1 atom stereocenters. The van der Waals surface area contributed by atoms with Crippen LogP contribution in [0.1, 0.15) is 43.4 Å². The third-order valence-electron chi connectivity index (χ3n) is 4.52. The van der Waals surface area contributed by atoms with E-state index in [9.17, 15) is 4.79 Å². The lowest BCUT2D eigenvalue weighted by Gasteiger charge is -2.36. The fourth-order valence-corrected chi connectivity index (χ4v) is 2.82. The minimum atomic E-state index is -0.462. The normalized spacial score (nSPS) is 19.0. The first kappa shape index (κ1) is 16.0. The summed E-state index contributed by atoms with van der Waals surface area (Å²) in [5.41, 5.74) is 7.81. The summed E-state index contributed by atoms with van der Waals surface area (Å²) in [6, 6.07) is 8.38. The van der Waals surface area contributed by atoms with Gasteiger partial charge in [0.05, 0.1) is 11.5 Å². The molecule has 1 unspecified atom stereocenters. The van der Waals surface area contributed by atoms with E-state index in [1.54, 1.807) is 0 Å². The molecule has 0 bridgehead atoms. The van der Waals surface area contributed by atoms with Crippen molar-refractivity contribution in [3.8, 4) is 0 Å². The summed E-state index contributed by atoms with van der Waals surface area (Å²) >= 11 is 0. The number of aryl methyl sites for hydroxylation is 1. The molecule has 116 valence electrons. The first-order chi connectivity index (χ1) is 10.1. The van der Waals surface area contributed by atoms with Gasteiger partial charge in [0, 0.05) is 19.8 Å². The van der Waals surface area contributed by atoms with Crippen LogP contribution in [-0.4, -0.2) is 25.7 Å². The Morgan fingerprint density at radius 2 is 1.95 bits per heavy atom. The van der Waals surface area contributed by atoms with Crippen molar-refractivity contribution in [3.05, 3.63) is 35.4 Å². The zero-order chi connectivity index (χ0) is 15.3. The van der Waals surface area contributed by atoms with E-state index in [0.29, 0.717) is 32.6 Å². The van der Waals surface area contributed by atoms with Gasteiger partial charge < -0.3 is 15.8 Å². The van der Waals surface area contributed by atoms with Gasteiger partial charge in [-0.3, -0.25) is 4.79 Å². The van der Waals surface area contributed by atoms with Gasteiger partial charge in [0.25, 0.3) is 0 Å². The Morgan fingerprint density at radius 1 is 1.33 bits per heavy atom. The van der Waals surface area contributed by atoms with Gasteiger partial charge in [0.15, 0.2) is 0 Å². The molecule has 1 aliphatic heterocycles. The molecule has 1 aliphatic rings. The highest BCUT2D eigenvalue weighted by Crippen LogP contribution is 2.31. The quantitative estimate of drug-likeness (QED) is 0.874. The van der Waals surface area contributed by atoms with Gasteiger partial charge in [-0.1, -0.05) is 36.8 Å². The van der Waals surface area contributed by atoms with Crippen LogP contribution in [0.2, 0.25) is 0 Å². The summed E-state index contributed by atoms with van der Waals surface area (Å²) in [5, 5.41) is 3.19. The minimum absolute atomic E-state index is 0.0457. The lowest BCUT2D eigenvalue weighted by atomic mass is 9.79. The Kier molecular flexibility index (Phi) is 5.37. The largest absolute Gasteiger partial charge is 0.381 e. The van der Waals surface area contributed by atoms with Crippen molar-refractivity contribution in [1.82, 2.24) is 5.32 Å². The highest BCUT2D eigenvalue weighted by atomic mass is 16.5. The molecular weight excluding hydrogens is 264 g/mol. The van der Waals surface area contributed by atoms with E-state index in [1.807, 2.05) is 0 Å². The van der Waals surface area contributed by atoms with E-state index in [4.69, 9.17) is 10.5 Å². The first-order valence-corrected chi connectivity index (χ1v) is 7.76. The highest BCUT2D eigenvalue weighted by molar-refractivity contribution is 5.83. The van der Waals surface area contributed by atoms with E-state index in [1.165, 1.54) is 5.56 Å². The number of benzene rings is 1. The average molecular weight is 290 g/mol. The Bertz CT molecular complexity index is 464. The van der Waals surface area contributed by atoms with Crippen LogP contribution in [0, 0.1) is 12.3 Å². The number of rotatable bonds is 5. The number of amides is 1. The predicted octanol–water partition coefficient (Wildman–Crippen LogP) is 2.32. The predicted molar refractivity (Wildman–Crippen MR) is 83.9 cm³/mol. The van der Waals surface area contributed by atoms with E-state index in [0.717, 1.165) is 12.0 Å². The fourth-order valence-electron chi connectivity index (χ4n) is 2.82. The Hall–Kier alpha value is -1.39. The van der Waals surface area contributed by atoms with Gasteiger partial charge in [-0.25, -0.2) is 0 Å². The second-order valence-electron chi connectivity index (χ2n) is 5.94. The molecule has 0 aliphatic carbocycles. The fraction of sp³-hybridized carbons (Fsp3) is 0.588. The van der Waals surface area contributed by atoms with Gasteiger partial charge in [0.1, 0.15) is 0 Å². The van der Waals surface area contributed by atoms with E-state index >= 15 is 0 Å². The summed E-state index contributed by atoms with van der Waals surface area (Å²) < 4.78 is 5.37.